The Morgan fingerprint density at radius 1 is 0.370 bits per heavy atom. The fraction of sp³-hybridized carbons (Fsp3) is 0. The Morgan fingerprint density at radius 2 is 0.926 bits per heavy atom. The molecule has 0 fully saturated rings. The van der Waals surface area contributed by atoms with Gasteiger partial charge in [-0.25, -0.2) is 0 Å². The fourth-order valence-corrected chi connectivity index (χ4v) is 5.33. The summed E-state index contributed by atoms with van der Waals surface area (Å²) < 4.78 is 1.31. The van der Waals surface area contributed by atoms with Crippen molar-refractivity contribution >= 4 is 76.5 Å². The van der Waals surface area contributed by atoms with E-state index in [1.165, 1.54) is 57.4 Å². The van der Waals surface area contributed by atoms with Gasteiger partial charge in [0.2, 0.25) is 0 Å². The second-order valence-electron chi connectivity index (χ2n) is 7.08. The lowest BCUT2D eigenvalue weighted by Crippen LogP contribution is -1.88. The Hall–Kier alpha value is -2.65. The summed E-state index contributed by atoms with van der Waals surface area (Å²) in [5, 5.41) is 13.4. The lowest BCUT2D eigenvalue weighted by Gasteiger charge is -2.15. The van der Waals surface area contributed by atoms with Crippen molar-refractivity contribution < 1.29 is 0 Å². The van der Waals surface area contributed by atoms with Gasteiger partial charge in [-0.3, -0.25) is 0 Å². The highest BCUT2D eigenvalue weighted by Crippen LogP contribution is 2.42. The van der Waals surface area contributed by atoms with Gasteiger partial charge < -0.3 is 0 Å². The molecule has 6 aromatic carbocycles. The Morgan fingerprint density at radius 3 is 1.74 bits per heavy atom. The van der Waals surface area contributed by atoms with Crippen LogP contribution in [0.25, 0.3) is 53.9 Å². The molecular weight excluding hydrogens is 439 g/mol. The van der Waals surface area contributed by atoms with Gasteiger partial charge in [0.15, 0.2) is 0 Å². The first-order chi connectivity index (χ1) is 13.3. The van der Waals surface area contributed by atoms with Gasteiger partial charge in [-0.15, -0.1) is 0 Å². The van der Waals surface area contributed by atoms with E-state index in [4.69, 9.17) is 0 Å². The number of hydrogen-bond donors (Lipinski definition) is 0. The van der Waals surface area contributed by atoms with E-state index in [0.29, 0.717) is 0 Å². The molecule has 0 aliphatic rings. The van der Waals surface area contributed by atoms with E-state index in [1.54, 1.807) is 0 Å². The molecule has 27 heavy (non-hydrogen) atoms. The summed E-state index contributed by atoms with van der Waals surface area (Å²) in [5.41, 5.74) is 0. The van der Waals surface area contributed by atoms with E-state index < -0.39 is 0 Å². The van der Waals surface area contributed by atoms with Gasteiger partial charge >= 0.3 is 0 Å². The van der Waals surface area contributed by atoms with Gasteiger partial charge in [0.25, 0.3) is 0 Å². The topological polar surface area (TPSA) is 0 Å². The molecule has 0 aliphatic carbocycles. The molecule has 0 aromatic heterocycles. The quantitative estimate of drug-likeness (QED) is 0.161. The molecule has 0 nitrogen and oxygen atoms in total. The van der Waals surface area contributed by atoms with Crippen molar-refractivity contribution in [2.45, 2.75) is 0 Å². The summed E-state index contributed by atoms with van der Waals surface area (Å²) in [6, 6.07) is 33.3. The molecule has 0 unspecified atom stereocenters. The first-order valence-electron chi connectivity index (χ1n) is 9.16. The molecule has 0 heterocycles. The summed E-state index contributed by atoms with van der Waals surface area (Å²) in [4.78, 5) is 0. The van der Waals surface area contributed by atoms with Crippen LogP contribution in [-0.2, 0) is 0 Å². The van der Waals surface area contributed by atoms with Crippen LogP contribution in [0.4, 0.5) is 0 Å². The van der Waals surface area contributed by atoms with Gasteiger partial charge in [0, 0.05) is 8.96 Å². The minimum absolute atomic E-state index is 1.30. The van der Waals surface area contributed by atoms with Gasteiger partial charge in [-0.2, -0.15) is 0 Å². The molecule has 0 spiro atoms. The highest BCUT2D eigenvalue weighted by atomic mass is 127. The summed E-state index contributed by atoms with van der Waals surface area (Å²) >= 11 is 2.47. The molecule has 0 N–H and O–H groups in total. The maximum atomic E-state index is 2.47. The predicted molar refractivity (Wildman–Crippen MR) is 127 cm³/mol. The summed E-state index contributed by atoms with van der Waals surface area (Å²) in [5.74, 6) is 0. The zero-order chi connectivity index (χ0) is 18.0. The Labute approximate surface area is 170 Å². The SMILES string of the molecule is Ic1cccc2c3ccc4ccc5ccccc5c4c3c3ccccc3c12. The average Bonchev–Trinajstić information content (AvgIpc) is 2.73. The summed E-state index contributed by atoms with van der Waals surface area (Å²) in [6.07, 6.45) is 0. The Kier molecular flexibility index (Phi) is 3.24. The van der Waals surface area contributed by atoms with Crippen LogP contribution in [0.2, 0.25) is 0 Å². The molecule has 126 valence electrons. The third-order valence-electron chi connectivity index (χ3n) is 5.68. The van der Waals surface area contributed by atoms with Crippen LogP contribution in [0, 0.1) is 3.57 Å². The van der Waals surface area contributed by atoms with Gasteiger partial charge in [0.1, 0.15) is 0 Å². The molecule has 0 bridgehead atoms. The minimum Gasteiger partial charge on any atom is -0.0616 e. The lowest BCUT2D eigenvalue weighted by atomic mass is 9.89. The number of benzene rings is 6. The number of rotatable bonds is 0. The van der Waals surface area contributed by atoms with E-state index in [2.05, 4.69) is 114 Å². The number of hydrogen-bond acceptors (Lipinski definition) is 0. The zero-order valence-corrected chi connectivity index (χ0v) is 16.7. The first-order valence-corrected chi connectivity index (χ1v) is 10.2. The minimum atomic E-state index is 1.30. The van der Waals surface area contributed by atoms with Crippen molar-refractivity contribution in [2.24, 2.45) is 0 Å². The van der Waals surface area contributed by atoms with E-state index in [0.717, 1.165) is 0 Å². The maximum absolute atomic E-state index is 2.47. The fourth-order valence-electron chi connectivity index (χ4n) is 4.54. The average molecular weight is 454 g/mol. The van der Waals surface area contributed by atoms with Crippen LogP contribution in [0.3, 0.4) is 0 Å². The predicted octanol–water partition coefficient (Wildman–Crippen LogP) is 8.06. The van der Waals surface area contributed by atoms with E-state index >= 15 is 0 Å². The first kappa shape index (κ1) is 15.4. The largest absolute Gasteiger partial charge is 0.0616 e. The third-order valence-corrected chi connectivity index (χ3v) is 6.58. The number of fused-ring (bicyclic) bond motifs is 10. The molecule has 0 saturated heterocycles. The van der Waals surface area contributed by atoms with Gasteiger partial charge in [0.05, 0.1) is 0 Å². The van der Waals surface area contributed by atoms with Crippen LogP contribution < -0.4 is 0 Å². The van der Waals surface area contributed by atoms with E-state index in [9.17, 15) is 0 Å². The van der Waals surface area contributed by atoms with E-state index in [-0.39, 0.29) is 0 Å². The highest BCUT2D eigenvalue weighted by Gasteiger charge is 2.14. The van der Waals surface area contributed by atoms with Crippen molar-refractivity contribution in [3.8, 4) is 0 Å². The molecular formula is C26H15I. The Bertz CT molecular complexity index is 1500. The molecule has 1 heteroatoms. The molecule has 0 saturated carbocycles. The molecule has 6 aromatic rings. The van der Waals surface area contributed by atoms with Crippen LogP contribution in [0.5, 0.6) is 0 Å². The van der Waals surface area contributed by atoms with Crippen molar-refractivity contribution in [3.05, 3.63) is 94.6 Å². The normalized spacial score (nSPS) is 11.9. The zero-order valence-electron chi connectivity index (χ0n) is 14.5. The molecule has 6 rings (SSSR count). The molecule has 0 atom stereocenters. The van der Waals surface area contributed by atoms with Crippen LogP contribution in [0.1, 0.15) is 0 Å². The third kappa shape index (κ3) is 2.09. The Balaban J connectivity index is 2.06. The number of halogens is 1. The van der Waals surface area contributed by atoms with Crippen molar-refractivity contribution in [3.63, 3.8) is 0 Å². The van der Waals surface area contributed by atoms with Gasteiger partial charge in [-0.05, 0) is 77.1 Å². The maximum Gasteiger partial charge on any atom is 0.0215 e. The molecule has 0 radical (unpaired) electrons. The second-order valence-corrected chi connectivity index (χ2v) is 8.24. The lowest BCUT2D eigenvalue weighted by molar-refractivity contribution is 1.75. The summed E-state index contributed by atoms with van der Waals surface area (Å²) in [6.45, 7) is 0. The van der Waals surface area contributed by atoms with Crippen LogP contribution in [-0.4, -0.2) is 0 Å². The van der Waals surface area contributed by atoms with Crippen molar-refractivity contribution in [2.75, 3.05) is 0 Å². The second kappa shape index (κ2) is 5.67. The van der Waals surface area contributed by atoms with Crippen molar-refractivity contribution in [1.82, 2.24) is 0 Å². The smallest absolute Gasteiger partial charge is 0.0215 e. The van der Waals surface area contributed by atoms with E-state index in [1.807, 2.05) is 0 Å². The van der Waals surface area contributed by atoms with Crippen LogP contribution >= 0.6 is 22.6 Å². The van der Waals surface area contributed by atoms with Gasteiger partial charge in [-0.1, -0.05) is 84.9 Å². The molecule has 0 amide bonds. The van der Waals surface area contributed by atoms with Crippen molar-refractivity contribution in [1.29, 1.82) is 0 Å². The standard InChI is InChI=1S/C26H15I/c27-23-11-5-10-20-22-15-14-17-13-12-16-6-1-2-7-18(16)24(17)26(22)21-9-4-3-8-19(21)25(20)23/h1-15H. The monoisotopic (exact) mass is 454 g/mol. The highest BCUT2D eigenvalue weighted by molar-refractivity contribution is 14.1. The molecule has 0 aliphatic heterocycles. The summed E-state index contributed by atoms with van der Waals surface area (Å²) in [7, 11) is 0. The van der Waals surface area contributed by atoms with Crippen LogP contribution in [0.15, 0.2) is 91.0 Å².